The molecule has 0 aromatic carbocycles. The van der Waals surface area contributed by atoms with Crippen LogP contribution in [0.1, 0.15) is 311 Å². The zero-order chi connectivity index (χ0) is 59.9. The summed E-state index contributed by atoms with van der Waals surface area (Å²) in [4.78, 5) is 72.0. The first-order valence-corrected chi connectivity index (χ1v) is 35.6. The predicted molar refractivity (Wildman–Crippen MR) is 322 cm³/mol. The Kier molecular flexibility index (Phi) is 54.6. The number of esters is 4. The second-order valence-corrected chi connectivity index (χ2v) is 25.8. The summed E-state index contributed by atoms with van der Waals surface area (Å²) in [6.45, 7) is 7.12. The second kappa shape index (κ2) is 55.9. The predicted octanol–water partition coefficient (Wildman–Crippen LogP) is 17.0. The molecule has 2 unspecified atom stereocenters. The van der Waals surface area contributed by atoms with E-state index in [2.05, 4.69) is 34.6 Å². The van der Waals surface area contributed by atoms with E-state index in [1.54, 1.807) is 0 Å². The monoisotopic (exact) mass is 1200 g/mol. The van der Waals surface area contributed by atoms with Crippen molar-refractivity contribution < 1.29 is 80.2 Å². The van der Waals surface area contributed by atoms with Gasteiger partial charge < -0.3 is 33.8 Å². The summed E-state index contributed by atoms with van der Waals surface area (Å²) < 4.78 is 67.8. The average Bonchev–Trinajstić information content (AvgIpc) is 3.43. The van der Waals surface area contributed by atoms with Crippen molar-refractivity contribution in [3.05, 3.63) is 0 Å². The van der Waals surface area contributed by atoms with Crippen molar-refractivity contribution >= 4 is 39.5 Å². The maximum Gasteiger partial charge on any atom is 0.472 e. The van der Waals surface area contributed by atoms with Gasteiger partial charge in [-0.1, -0.05) is 259 Å². The van der Waals surface area contributed by atoms with Gasteiger partial charge in [0.15, 0.2) is 12.2 Å². The molecule has 0 amide bonds. The Morgan fingerprint density at radius 2 is 0.568 bits per heavy atom. The van der Waals surface area contributed by atoms with Crippen LogP contribution in [0.5, 0.6) is 0 Å². The molecular weight excluding hydrogens is 1080 g/mol. The van der Waals surface area contributed by atoms with E-state index in [-0.39, 0.29) is 25.7 Å². The van der Waals surface area contributed by atoms with Crippen LogP contribution in [0.3, 0.4) is 0 Å². The van der Waals surface area contributed by atoms with Gasteiger partial charge in [0, 0.05) is 25.7 Å². The van der Waals surface area contributed by atoms with Gasteiger partial charge in [-0.15, -0.1) is 0 Å². The number of phosphoric acid groups is 2. The lowest BCUT2D eigenvalue weighted by Gasteiger charge is -2.21. The molecule has 0 bridgehead atoms. The van der Waals surface area contributed by atoms with Crippen LogP contribution in [-0.2, 0) is 65.4 Å². The summed E-state index contributed by atoms with van der Waals surface area (Å²) in [5.41, 5.74) is 0. The van der Waals surface area contributed by atoms with Crippen molar-refractivity contribution in [2.24, 2.45) is 5.92 Å². The summed E-state index contributed by atoms with van der Waals surface area (Å²) in [5, 5.41) is 10.5. The standard InChI is InChI=1S/C62H120O17P2/c1-6-9-12-15-18-20-21-22-27-31-36-41-46-60(65)73-52-58(79-62(67)48-43-38-33-28-24-23-26-30-34-39-44-55(4)5)54-77-81(70,71)75-50-56(63)49-74-80(68,69)76-53-57(51-72-59(64)45-40-35-29-17-14-11-8-3)78-61(66)47-42-37-32-25-19-16-13-10-7-2/h55-58,63H,6-54H2,1-5H3,(H,68,69)(H,70,71)/t56-,57+,58+/m0/s1. The Morgan fingerprint density at radius 1 is 0.333 bits per heavy atom. The molecular formula is C62H120O17P2. The zero-order valence-electron chi connectivity index (χ0n) is 51.9. The molecule has 0 fully saturated rings. The Labute approximate surface area is 492 Å². The molecule has 0 saturated heterocycles. The third kappa shape index (κ3) is 56.9. The molecule has 0 saturated carbocycles. The molecule has 0 aliphatic carbocycles. The number of hydrogen-bond donors (Lipinski definition) is 3. The number of carbonyl (C=O) groups excluding carboxylic acids is 4. The second-order valence-electron chi connectivity index (χ2n) is 22.9. The maximum atomic E-state index is 13.0. The first kappa shape index (κ1) is 79.1. The van der Waals surface area contributed by atoms with E-state index in [1.165, 1.54) is 122 Å². The number of phosphoric ester groups is 2. The molecule has 0 aliphatic rings. The molecule has 19 heteroatoms. The fourth-order valence-electron chi connectivity index (χ4n) is 9.23. The van der Waals surface area contributed by atoms with Gasteiger partial charge in [0.05, 0.1) is 26.4 Å². The molecule has 0 aromatic rings. The Hall–Kier alpha value is -1.94. The van der Waals surface area contributed by atoms with E-state index < -0.39 is 97.5 Å². The van der Waals surface area contributed by atoms with Gasteiger partial charge in [0.1, 0.15) is 19.3 Å². The van der Waals surface area contributed by atoms with Crippen LogP contribution in [0.25, 0.3) is 0 Å². The number of unbranched alkanes of at least 4 members (excludes halogenated alkanes) is 34. The largest absolute Gasteiger partial charge is 0.472 e. The third-order valence-electron chi connectivity index (χ3n) is 14.3. The first-order valence-electron chi connectivity index (χ1n) is 32.6. The molecule has 0 heterocycles. The van der Waals surface area contributed by atoms with Gasteiger partial charge in [0.25, 0.3) is 0 Å². The van der Waals surface area contributed by atoms with Crippen LogP contribution in [0.4, 0.5) is 0 Å². The van der Waals surface area contributed by atoms with Gasteiger partial charge in [-0.3, -0.25) is 37.3 Å². The van der Waals surface area contributed by atoms with Crippen molar-refractivity contribution in [3.63, 3.8) is 0 Å². The fraction of sp³-hybridized carbons (Fsp3) is 0.935. The van der Waals surface area contributed by atoms with Crippen LogP contribution >= 0.6 is 15.6 Å². The lowest BCUT2D eigenvalue weighted by atomic mass is 10.0. The minimum atomic E-state index is -4.94. The van der Waals surface area contributed by atoms with E-state index in [1.807, 2.05) is 0 Å². The van der Waals surface area contributed by atoms with Crippen LogP contribution in [0, 0.1) is 5.92 Å². The average molecular weight is 1200 g/mol. The van der Waals surface area contributed by atoms with Crippen molar-refractivity contribution in [1.82, 2.24) is 0 Å². The number of ether oxygens (including phenoxy) is 4. The van der Waals surface area contributed by atoms with E-state index in [9.17, 15) is 43.2 Å². The molecule has 3 N–H and O–H groups in total. The molecule has 0 aromatic heterocycles. The van der Waals surface area contributed by atoms with E-state index >= 15 is 0 Å². The summed E-state index contributed by atoms with van der Waals surface area (Å²) in [6, 6.07) is 0. The van der Waals surface area contributed by atoms with E-state index in [0.29, 0.717) is 25.7 Å². The number of hydrogen-bond acceptors (Lipinski definition) is 15. The van der Waals surface area contributed by atoms with Gasteiger partial charge >= 0.3 is 39.5 Å². The highest BCUT2D eigenvalue weighted by Gasteiger charge is 2.30. The number of aliphatic hydroxyl groups excluding tert-OH is 1. The molecule has 0 rings (SSSR count). The van der Waals surface area contributed by atoms with Crippen molar-refractivity contribution in [2.45, 2.75) is 329 Å². The first-order chi connectivity index (χ1) is 39.0. The fourth-order valence-corrected chi connectivity index (χ4v) is 10.8. The highest BCUT2D eigenvalue weighted by Crippen LogP contribution is 2.45. The molecule has 0 spiro atoms. The molecule has 480 valence electrons. The molecule has 5 atom stereocenters. The summed E-state index contributed by atoms with van der Waals surface area (Å²) in [5.74, 6) is -1.39. The third-order valence-corrected chi connectivity index (χ3v) is 16.2. The number of rotatable bonds is 62. The van der Waals surface area contributed by atoms with Gasteiger partial charge in [-0.05, 0) is 31.6 Å². The lowest BCUT2D eigenvalue weighted by molar-refractivity contribution is -0.161. The summed E-state index contributed by atoms with van der Waals surface area (Å²) >= 11 is 0. The van der Waals surface area contributed by atoms with Crippen LogP contribution in [0.15, 0.2) is 0 Å². The molecule has 0 radical (unpaired) electrons. The topological polar surface area (TPSA) is 237 Å². The summed E-state index contributed by atoms with van der Waals surface area (Å²) in [6.07, 6.45) is 39.0. The normalized spacial score (nSPS) is 14.3. The zero-order valence-corrected chi connectivity index (χ0v) is 53.7. The number of carbonyl (C=O) groups is 4. The quantitative estimate of drug-likeness (QED) is 0.0222. The highest BCUT2D eigenvalue weighted by molar-refractivity contribution is 7.47. The minimum absolute atomic E-state index is 0.105. The van der Waals surface area contributed by atoms with Gasteiger partial charge in [-0.25, -0.2) is 9.13 Å². The smallest absolute Gasteiger partial charge is 0.462 e. The van der Waals surface area contributed by atoms with Gasteiger partial charge in [-0.2, -0.15) is 0 Å². The van der Waals surface area contributed by atoms with Crippen molar-refractivity contribution in [1.29, 1.82) is 0 Å². The van der Waals surface area contributed by atoms with Crippen LogP contribution in [0.2, 0.25) is 0 Å². The Balaban J connectivity index is 5.21. The van der Waals surface area contributed by atoms with Crippen LogP contribution < -0.4 is 0 Å². The SMILES string of the molecule is CCCCCCCCCCCCCCC(=O)OC[C@H](COP(=O)(O)OC[C@@H](O)COP(=O)(O)OC[C@@H](COC(=O)CCCCCCCCC)OC(=O)CCCCCCCCCCC)OC(=O)CCCCCCCCCCCCC(C)C. The van der Waals surface area contributed by atoms with Crippen molar-refractivity contribution in [2.75, 3.05) is 39.6 Å². The molecule has 0 aliphatic heterocycles. The summed E-state index contributed by atoms with van der Waals surface area (Å²) in [7, 11) is -9.88. The van der Waals surface area contributed by atoms with E-state index in [0.717, 1.165) is 109 Å². The Bertz CT molecular complexity index is 1580. The van der Waals surface area contributed by atoms with Crippen molar-refractivity contribution in [3.8, 4) is 0 Å². The lowest BCUT2D eigenvalue weighted by Crippen LogP contribution is -2.30. The molecule has 17 nitrogen and oxygen atoms in total. The van der Waals surface area contributed by atoms with Crippen LogP contribution in [-0.4, -0.2) is 96.7 Å². The number of aliphatic hydroxyl groups is 1. The minimum Gasteiger partial charge on any atom is -0.462 e. The maximum absolute atomic E-state index is 13.0. The Morgan fingerprint density at radius 3 is 0.840 bits per heavy atom. The van der Waals surface area contributed by atoms with E-state index in [4.69, 9.17) is 37.0 Å². The van der Waals surface area contributed by atoms with Gasteiger partial charge in [0.2, 0.25) is 0 Å². The molecule has 81 heavy (non-hydrogen) atoms. The highest BCUT2D eigenvalue weighted by atomic mass is 31.2.